The maximum absolute atomic E-state index is 12.9. The lowest BCUT2D eigenvalue weighted by Crippen LogP contribution is -2.68. The second kappa shape index (κ2) is 10.8. The number of fused-ring (bicyclic) bond motifs is 1. The maximum Gasteiger partial charge on any atom is 0.237 e. The number of hydrogen-bond donors (Lipinski definition) is 3. The van der Waals surface area contributed by atoms with Gasteiger partial charge >= 0.3 is 0 Å². The zero-order valence-electron chi connectivity index (χ0n) is 19.8. The molecule has 3 atom stereocenters. The van der Waals surface area contributed by atoms with E-state index in [4.69, 9.17) is 4.74 Å². The Bertz CT molecular complexity index is 927. The Kier molecular flexibility index (Phi) is 7.55. The highest BCUT2D eigenvalue weighted by molar-refractivity contribution is 8.04. The number of carbonyl (C=O) groups is 2. The first kappa shape index (κ1) is 23.8. The summed E-state index contributed by atoms with van der Waals surface area (Å²) in [4.78, 5) is 30.2. The van der Waals surface area contributed by atoms with Crippen molar-refractivity contribution in [3.8, 4) is 0 Å². The molecule has 0 saturated carbocycles. The zero-order valence-corrected chi connectivity index (χ0v) is 20.6. The van der Waals surface area contributed by atoms with Crippen LogP contribution in [0.5, 0.6) is 0 Å². The number of benzene rings is 1. The Labute approximate surface area is 205 Å². The summed E-state index contributed by atoms with van der Waals surface area (Å²) in [6, 6.07) is 8.46. The second-order valence-corrected chi connectivity index (χ2v) is 10.6. The van der Waals surface area contributed by atoms with E-state index in [0.29, 0.717) is 6.54 Å². The third-order valence-electron chi connectivity index (χ3n) is 7.30. The van der Waals surface area contributed by atoms with Gasteiger partial charge in [-0.1, -0.05) is 29.8 Å². The number of thioether (sulfide) groups is 1. The largest absolute Gasteiger partial charge is 0.379 e. The number of nitrogens with one attached hydrogen (secondary N) is 3. The van der Waals surface area contributed by atoms with Crippen LogP contribution in [0.4, 0.5) is 0 Å². The normalized spacial score (nSPS) is 28.8. The van der Waals surface area contributed by atoms with Crippen LogP contribution in [-0.4, -0.2) is 91.7 Å². The van der Waals surface area contributed by atoms with E-state index in [1.165, 1.54) is 16.7 Å². The summed E-state index contributed by atoms with van der Waals surface area (Å²) < 4.78 is 5.38. The van der Waals surface area contributed by atoms with Crippen molar-refractivity contribution in [1.29, 1.82) is 0 Å². The van der Waals surface area contributed by atoms with E-state index in [0.717, 1.165) is 58.8 Å². The average molecular weight is 486 g/mol. The highest BCUT2D eigenvalue weighted by Gasteiger charge is 2.44. The lowest BCUT2D eigenvalue weighted by molar-refractivity contribution is -0.129. The van der Waals surface area contributed by atoms with Gasteiger partial charge < -0.3 is 15.4 Å². The molecule has 0 aromatic heterocycles. The van der Waals surface area contributed by atoms with Crippen molar-refractivity contribution in [3.63, 3.8) is 0 Å². The Hall–Kier alpha value is -1.91. The summed E-state index contributed by atoms with van der Waals surface area (Å²) in [5.41, 5.74) is 3.58. The molecule has 1 aromatic rings. The number of ether oxygens (including phenoxy) is 1. The predicted molar refractivity (Wildman–Crippen MR) is 134 cm³/mol. The van der Waals surface area contributed by atoms with Gasteiger partial charge in [0.05, 0.1) is 19.3 Å². The van der Waals surface area contributed by atoms with Crippen LogP contribution in [0.1, 0.15) is 24.0 Å². The number of rotatable bonds is 6. The van der Waals surface area contributed by atoms with Crippen molar-refractivity contribution in [2.75, 3.05) is 52.5 Å². The molecule has 9 heteroatoms. The molecule has 34 heavy (non-hydrogen) atoms. The summed E-state index contributed by atoms with van der Waals surface area (Å²) in [5.74, 6) is 0.281. The van der Waals surface area contributed by atoms with Gasteiger partial charge in [-0.15, -0.1) is 11.8 Å². The van der Waals surface area contributed by atoms with Crippen molar-refractivity contribution in [2.24, 2.45) is 5.92 Å². The molecule has 8 nitrogen and oxygen atoms in total. The van der Waals surface area contributed by atoms with E-state index in [1.807, 2.05) is 0 Å². The van der Waals surface area contributed by atoms with E-state index in [9.17, 15) is 9.59 Å². The quantitative estimate of drug-likeness (QED) is 0.554. The Morgan fingerprint density at radius 2 is 2.00 bits per heavy atom. The standard InChI is InChI=1S/C25H35N5O3S/c1-17-3-2-4-19(15-17)20-16-34-22-21(20)27-25(28-24(22)32)30-8-5-18(6-9-30)23(31)26-7-10-29-11-13-33-14-12-29/h2-4,15-16,18,21-22,25,27H,5-14H2,1H3,(H,26,31)(H,28,32). The summed E-state index contributed by atoms with van der Waals surface area (Å²) in [5, 5.41) is 12.0. The lowest BCUT2D eigenvalue weighted by Gasteiger charge is -2.43. The van der Waals surface area contributed by atoms with Crippen LogP contribution in [0.15, 0.2) is 29.7 Å². The number of morpholine rings is 1. The fourth-order valence-electron chi connectivity index (χ4n) is 5.28. The van der Waals surface area contributed by atoms with Crippen LogP contribution in [0.25, 0.3) is 5.57 Å². The first-order valence-electron chi connectivity index (χ1n) is 12.4. The van der Waals surface area contributed by atoms with E-state index >= 15 is 0 Å². The van der Waals surface area contributed by atoms with Gasteiger partial charge in [0.2, 0.25) is 11.8 Å². The monoisotopic (exact) mass is 485 g/mol. The smallest absolute Gasteiger partial charge is 0.237 e. The van der Waals surface area contributed by atoms with Crippen LogP contribution in [0, 0.1) is 12.8 Å². The molecule has 4 aliphatic rings. The molecule has 4 aliphatic heterocycles. The number of aryl methyl sites for hydroxylation is 1. The molecule has 2 amide bonds. The molecule has 3 N–H and O–H groups in total. The zero-order chi connectivity index (χ0) is 23.5. The van der Waals surface area contributed by atoms with Gasteiger partial charge in [0, 0.05) is 45.2 Å². The molecule has 3 saturated heterocycles. The number of carbonyl (C=O) groups excluding carboxylic acids is 2. The molecule has 3 unspecified atom stereocenters. The number of hydrogen-bond acceptors (Lipinski definition) is 7. The van der Waals surface area contributed by atoms with Gasteiger partial charge in [-0.2, -0.15) is 0 Å². The molecule has 0 spiro atoms. The van der Waals surface area contributed by atoms with Crippen molar-refractivity contribution < 1.29 is 14.3 Å². The number of amides is 2. The Morgan fingerprint density at radius 3 is 2.76 bits per heavy atom. The third-order valence-corrected chi connectivity index (χ3v) is 8.47. The summed E-state index contributed by atoms with van der Waals surface area (Å²) >= 11 is 1.60. The van der Waals surface area contributed by atoms with Crippen LogP contribution in [-0.2, 0) is 14.3 Å². The highest BCUT2D eigenvalue weighted by atomic mass is 32.2. The van der Waals surface area contributed by atoms with Gasteiger partial charge in [0.25, 0.3) is 0 Å². The van der Waals surface area contributed by atoms with Crippen molar-refractivity contribution in [3.05, 3.63) is 40.8 Å². The van der Waals surface area contributed by atoms with Gasteiger partial charge in [0.15, 0.2) is 0 Å². The molecule has 0 radical (unpaired) electrons. The summed E-state index contributed by atoms with van der Waals surface area (Å²) in [7, 11) is 0. The van der Waals surface area contributed by atoms with E-state index in [2.05, 4.69) is 62.3 Å². The minimum atomic E-state index is -0.203. The predicted octanol–water partition coefficient (Wildman–Crippen LogP) is 0.983. The minimum Gasteiger partial charge on any atom is -0.379 e. The molecule has 0 bridgehead atoms. The Morgan fingerprint density at radius 1 is 1.21 bits per heavy atom. The molecule has 1 aromatic carbocycles. The number of piperidine rings is 1. The fourth-order valence-corrected chi connectivity index (χ4v) is 6.43. The third kappa shape index (κ3) is 5.33. The molecule has 5 rings (SSSR count). The van der Waals surface area contributed by atoms with Crippen LogP contribution < -0.4 is 16.0 Å². The topological polar surface area (TPSA) is 85.9 Å². The van der Waals surface area contributed by atoms with Crippen LogP contribution in [0.3, 0.4) is 0 Å². The van der Waals surface area contributed by atoms with Gasteiger partial charge in [0.1, 0.15) is 11.5 Å². The van der Waals surface area contributed by atoms with E-state index < -0.39 is 0 Å². The molecular weight excluding hydrogens is 450 g/mol. The Balaban J connectivity index is 1.12. The van der Waals surface area contributed by atoms with E-state index in [1.54, 1.807) is 11.8 Å². The number of likely N-dealkylation sites (tertiary alicyclic amines) is 1. The number of nitrogens with zero attached hydrogens (tertiary/aromatic N) is 2. The first-order valence-corrected chi connectivity index (χ1v) is 13.3. The minimum absolute atomic E-state index is 0.00763. The van der Waals surface area contributed by atoms with Crippen molar-refractivity contribution in [2.45, 2.75) is 37.3 Å². The first-order chi connectivity index (χ1) is 16.6. The second-order valence-electron chi connectivity index (χ2n) is 9.61. The van der Waals surface area contributed by atoms with Gasteiger partial charge in [-0.3, -0.25) is 24.7 Å². The van der Waals surface area contributed by atoms with Crippen LogP contribution >= 0.6 is 11.8 Å². The van der Waals surface area contributed by atoms with Crippen molar-refractivity contribution in [1.82, 2.24) is 25.8 Å². The van der Waals surface area contributed by atoms with E-state index in [-0.39, 0.29) is 35.3 Å². The lowest BCUT2D eigenvalue weighted by atomic mass is 9.94. The fraction of sp³-hybridized carbons (Fsp3) is 0.600. The average Bonchev–Trinajstić information content (AvgIpc) is 3.29. The van der Waals surface area contributed by atoms with Gasteiger partial charge in [-0.25, -0.2) is 0 Å². The molecule has 4 heterocycles. The highest BCUT2D eigenvalue weighted by Crippen LogP contribution is 2.39. The van der Waals surface area contributed by atoms with Gasteiger partial charge in [-0.05, 0) is 36.3 Å². The molecule has 3 fully saturated rings. The molecule has 0 aliphatic carbocycles. The van der Waals surface area contributed by atoms with Crippen LogP contribution in [0.2, 0.25) is 0 Å². The molecular formula is C25H35N5O3S. The van der Waals surface area contributed by atoms with Crippen molar-refractivity contribution >= 4 is 29.1 Å². The maximum atomic E-state index is 12.9. The summed E-state index contributed by atoms with van der Waals surface area (Å²) in [6.07, 6.45) is 1.41. The summed E-state index contributed by atoms with van der Waals surface area (Å²) in [6.45, 7) is 8.67. The molecule has 184 valence electrons. The SMILES string of the molecule is Cc1cccc(C2=CSC3C(=O)NC(N4CCC(C(=O)NCCN5CCOCC5)CC4)NC23)c1.